The van der Waals surface area contributed by atoms with Gasteiger partial charge in [0, 0.05) is 5.56 Å². The highest BCUT2D eigenvalue weighted by molar-refractivity contribution is 7.17. The van der Waals surface area contributed by atoms with Crippen LogP contribution in [-0.2, 0) is 14.3 Å². The summed E-state index contributed by atoms with van der Waals surface area (Å²) in [5.74, 6) is -1.44. The Hall–Kier alpha value is -4.18. The number of benzene rings is 2. The van der Waals surface area contributed by atoms with Crippen molar-refractivity contribution in [1.29, 1.82) is 0 Å². The molecule has 0 spiro atoms. The fraction of sp³-hybridized carbons (Fsp3) is 0.355. The maximum Gasteiger partial charge on any atom is 0.350 e. The number of carbonyl (C=O) groups is 3. The van der Waals surface area contributed by atoms with Crippen LogP contribution in [-0.4, -0.2) is 48.1 Å². The van der Waals surface area contributed by atoms with Crippen LogP contribution >= 0.6 is 11.3 Å². The number of rotatable bonds is 12. The van der Waals surface area contributed by atoms with E-state index >= 15 is 0 Å². The number of methoxy groups -OCH3 is 1. The third kappa shape index (κ3) is 6.43. The van der Waals surface area contributed by atoms with E-state index in [4.69, 9.17) is 14.2 Å². The van der Waals surface area contributed by atoms with E-state index in [0.29, 0.717) is 41.5 Å². The second-order valence-electron chi connectivity index (χ2n) is 9.57. The molecule has 216 valence electrons. The Morgan fingerprint density at radius 3 is 2.41 bits per heavy atom. The Bertz CT molecular complexity index is 1440. The first-order chi connectivity index (χ1) is 19.8. The Labute approximate surface area is 243 Å². The summed E-state index contributed by atoms with van der Waals surface area (Å²) in [7, 11) is 1.26. The molecule has 1 fully saturated rings. The summed E-state index contributed by atoms with van der Waals surface area (Å²) in [6.45, 7) is 6.82. The Morgan fingerprint density at radius 1 is 1.00 bits per heavy atom. The number of hydrogen-bond donors (Lipinski definition) is 1. The summed E-state index contributed by atoms with van der Waals surface area (Å²) in [5.41, 5.74) is 1.18. The Balaban J connectivity index is 1.82. The molecular formula is C31H34N2O7S. The maximum absolute atomic E-state index is 13.5. The van der Waals surface area contributed by atoms with Crippen molar-refractivity contribution in [2.75, 3.05) is 25.2 Å². The molecule has 10 heteroatoms. The number of aromatic nitrogens is 1. The average molecular weight is 579 g/mol. The van der Waals surface area contributed by atoms with Crippen LogP contribution in [0.4, 0.5) is 5.13 Å². The van der Waals surface area contributed by atoms with Crippen LogP contribution in [0.5, 0.6) is 11.5 Å². The van der Waals surface area contributed by atoms with Gasteiger partial charge in [-0.25, -0.2) is 9.78 Å². The summed E-state index contributed by atoms with van der Waals surface area (Å²) in [4.78, 5) is 45.2. The SMILES string of the molecule is CCCCCOc1cccc(C2/C(=C(\O)c3ccc(OCCC)cc3)C(=O)C(=O)N2c2nc(C)c(C(=O)OC)s2)c1. The highest BCUT2D eigenvalue weighted by Crippen LogP contribution is 2.44. The topological polar surface area (TPSA) is 115 Å². The molecule has 1 aliphatic heterocycles. The van der Waals surface area contributed by atoms with Gasteiger partial charge in [-0.05, 0) is 61.7 Å². The van der Waals surface area contributed by atoms with Crippen molar-refractivity contribution in [1.82, 2.24) is 4.98 Å². The minimum Gasteiger partial charge on any atom is -0.507 e. The molecule has 9 nitrogen and oxygen atoms in total. The van der Waals surface area contributed by atoms with Crippen LogP contribution in [0.3, 0.4) is 0 Å². The summed E-state index contributed by atoms with van der Waals surface area (Å²) in [6.07, 6.45) is 3.84. The highest BCUT2D eigenvalue weighted by atomic mass is 32.1. The van der Waals surface area contributed by atoms with Gasteiger partial charge in [0.05, 0.1) is 37.6 Å². The first kappa shape index (κ1) is 29.8. The van der Waals surface area contributed by atoms with Gasteiger partial charge in [-0.1, -0.05) is 50.2 Å². The number of aliphatic hydroxyl groups excluding tert-OH is 1. The number of nitrogens with zero attached hydrogens (tertiary/aromatic N) is 2. The van der Waals surface area contributed by atoms with E-state index in [1.807, 2.05) is 6.92 Å². The van der Waals surface area contributed by atoms with E-state index in [0.717, 1.165) is 37.0 Å². The number of amides is 1. The number of ketones is 1. The fourth-order valence-corrected chi connectivity index (χ4v) is 5.53. The zero-order valence-corrected chi connectivity index (χ0v) is 24.5. The standard InChI is InChI=1S/C31H34N2O7S/c1-5-7-8-17-40-23-11-9-10-21(18-23)25-24(26(34)20-12-14-22(15-13-20)39-16-6-2)27(35)29(36)33(25)31-32-19(3)28(41-31)30(37)38-4/h9-15,18,25,34H,5-8,16-17H2,1-4H3/b26-24+. The van der Waals surface area contributed by atoms with Gasteiger partial charge in [-0.15, -0.1) is 0 Å². The summed E-state index contributed by atoms with van der Waals surface area (Å²) >= 11 is 0.952. The summed E-state index contributed by atoms with van der Waals surface area (Å²) < 4.78 is 16.4. The molecule has 0 radical (unpaired) electrons. The number of hydrogen-bond acceptors (Lipinski definition) is 9. The molecule has 2 heterocycles. The predicted molar refractivity (Wildman–Crippen MR) is 157 cm³/mol. The molecule has 2 aromatic carbocycles. The van der Waals surface area contributed by atoms with Gasteiger partial charge in [0.25, 0.3) is 5.78 Å². The smallest absolute Gasteiger partial charge is 0.350 e. The highest BCUT2D eigenvalue weighted by Gasteiger charge is 2.48. The van der Waals surface area contributed by atoms with E-state index in [9.17, 15) is 19.5 Å². The molecular weight excluding hydrogens is 544 g/mol. The predicted octanol–water partition coefficient (Wildman–Crippen LogP) is 6.22. The normalized spacial score (nSPS) is 16.2. The monoisotopic (exact) mass is 578 g/mol. The van der Waals surface area contributed by atoms with Crippen LogP contribution in [0.2, 0.25) is 0 Å². The van der Waals surface area contributed by atoms with Crippen molar-refractivity contribution >= 4 is 39.9 Å². The van der Waals surface area contributed by atoms with Gasteiger partial charge < -0.3 is 19.3 Å². The zero-order valence-electron chi connectivity index (χ0n) is 23.6. The average Bonchev–Trinajstić information content (AvgIpc) is 3.50. The van der Waals surface area contributed by atoms with E-state index in [2.05, 4.69) is 11.9 Å². The summed E-state index contributed by atoms with van der Waals surface area (Å²) in [5, 5.41) is 11.6. The zero-order chi connectivity index (χ0) is 29.5. The molecule has 1 aliphatic rings. The van der Waals surface area contributed by atoms with Crippen LogP contribution < -0.4 is 14.4 Å². The van der Waals surface area contributed by atoms with E-state index in [1.54, 1.807) is 55.5 Å². The lowest BCUT2D eigenvalue weighted by atomic mass is 9.95. The number of thiazole rings is 1. The molecule has 1 amide bonds. The van der Waals surface area contributed by atoms with E-state index < -0.39 is 23.7 Å². The first-order valence-corrected chi connectivity index (χ1v) is 14.4. The number of aliphatic hydroxyl groups is 1. The van der Waals surface area contributed by atoms with E-state index in [-0.39, 0.29) is 21.3 Å². The lowest BCUT2D eigenvalue weighted by Gasteiger charge is -2.23. The lowest BCUT2D eigenvalue weighted by molar-refractivity contribution is -0.132. The van der Waals surface area contributed by atoms with E-state index in [1.165, 1.54) is 12.0 Å². The molecule has 1 unspecified atom stereocenters. The van der Waals surface area contributed by atoms with Crippen molar-refractivity contribution in [3.63, 3.8) is 0 Å². The van der Waals surface area contributed by atoms with Gasteiger partial charge in [-0.2, -0.15) is 0 Å². The number of Topliss-reactive ketones (excluding diaryl/α,β-unsaturated/α-hetero) is 1. The minimum atomic E-state index is -1.01. The van der Waals surface area contributed by atoms with Gasteiger partial charge in [0.1, 0.15) is 22.1 Å². The first-order valence-electron chi connectivity index (χ1n) is 13.6. The second kappa shape index (κ2) is 13.5. The van der Waals surface area contributed by atoms with Crippen molar-refractivity contribution in [2.45, 2.75) is 52.5 Å². The molecule has 0 aliphatic carbocycles. The molecule has 0 bridgehead atoms. The van der Waals surface area contributed by atoms with Gasteiger partial charge in [0.2, 0.25) is 0 Å². The van der Waals surface area contributed by atoms with Crippen molar-refractivity contribution in [2.24, 2.45) is 0 Å². The summed E-state index contributed by atoms with van der Waals surface area (Å²) in [6, 6.07) is 12.8. The number of ether oxygens (including phenoxy) is 3. The molecule has 3 aromatic rings. The largest absolute Gasteiger partial charge is 0.507 e. The quantitative estimate of drug-likeness (QED) is 0.0885. The number of unbranched alkanes of at least 4 members (excludes halogenated alkanes) is 2. The van der Waals surface area contributed by atoms with Crippen LogP contribution in [0, 0.1) is 6.92 Å². The van der Waals surface area contributed by atoms with Crippen LogP contribution in [0.1, 0.15) is 72.1 Å². The van der Waals surface area contributed by atoms with Crippen molar-refractivity contribution in [3.05, 3.63) is 75.8 Å². The third-order valence-corrected chi connectivity index (χ3v) is 7.73. The van der Waals surface area contributed by atoms with Crippen molar-refractivity contribution < 1.29 is 33.7 Å². The molecule has 41 heavy (non-hydrogen) atoms. The number of carbonyl (C=O) groups excluding carboxylic acids is 3. The number of esters is 1. The number of aryl methyl sites for hydroxylation is 1. The second-order valence-corrected chi connectivity index (χ2v) is 10.6. The Morgan fingerprint density at radius 2 is 1.73 bits per heavy atom. The molecule has 4 rings (SSSR count). The number of anilines is 1. The molecule has 0 saturated carbocycles. The molecule has 1 aromatic heterocycles. The minimum absolute atomic E-state index is 0.0900. The Kier molecular flexibility index (Phi) is 9.78. The lowest BCUT2D eigenvalue weighted by Crippen LogP contribution is -2.29. The maximum atomic E-state index is 13.5. The van der Waals surface area contributed by atoms with Crippen LogP contribution in [0.25, 0.3) is 5.76 Å². The molecule has 1 atom stereocenters. The third-order valence-electron chi connectivity index (χ3n) is 6.60. The van der Waals surface area contributed by atoms with Crippen molar-refractivity contribution in [3.8, 4) is 11.5 Å². The van der Waals surface area contributed by atoms with Gasteiger partial charge >= 0.3 is 11.9 Å². The fourth-order valence-electron chi connectivity index (χ4n) is 4.51. The van der Waals surface area contributed by atoms with Gasteiger partial charge in [0.15, 0.2) is 5.13 Å². The van der Waals surface area contributed by atoms with Crippen LogP contribution in [0.15, 0.2) is 54.1 Å². The molecule has 1 saturated heterocycles. The van der Waals surface area contributed by atoms with Gasteiger partial charge in [-0.3, -0.25) is 14.5 Å². The molecule has 1 N–H and O–H groups in total.